The minimum atomic E-state index is 0.160. The summed E-state index contributed by atoms with van der Waals surface area (Å²) in [5.41, 5.74) is 2.65. The molecule has 0 aromatic rings. The van der Waals surface area contributed by atoms with E-state index in [1.165, 1.54) is 5.57 Å². The molecule has 0 nitrogen and oxygen atoms in total. The van der Waals surface area contributed by atoms with Crippen molar-refractivity contribution in [1.82, 2.24) is 0 Å². The highest BCUT2D eigenvalue weighted by Gasteiger charge is 2.14. The molecule has 0 aromatic heterocycles. The van der Waals surface area contributed by atoms with Gasteiger partial charge in [-0.05, 0) is 20.8 Å². The van der Waals surface area contributed by atoms with Gasteiger partial charge in [0.1, 0.15) is 0 Å². The summed E-state index contributed by atoms with van der Waals surface area (Å²) in [6.07, 6.45) is 6.43. The van der Waals surface area contributed by atoms with E-state index >= 15 is 0 Å². The van der Waals surface area contributed by atoms with Crippen LogP contribution in [0, 0.1) is 5.41 Å². The highest BCUT2D eigenvalue weighted by Crippen LogP contribution is 2.27. The molecule has 0 aliphatic heterocycles. The summed E-state index contributed by atoms with van der Waals surface area (Å²) in [6, 6.07) is 0. The van der Waals surface area contributed by atoms with E-state index in [1.807, 2.05) is 6.92 Å². The second kappa shape index (κ2) is 4.30. The first-order chi connectivity index (χ1) is 5.40. The first-order valence-corrected chi connectivity index (χ1v) is 4.38. The summed E-state index contributed by atoms with van der Waals surface area (Å²) in [5, 5.41) is 0. The Hall–Kier alpha value is -0.780. The van der Waals surface area contributed by atoms with Gasteiger partial charge in [-0.15, -0.1) is 0 Å². The fourth-order valence-electron chi connectivity index (χ4n) is 0.854. The van der Waals surface area contributed by atoms with Crippen molar-refractivity contribution >= 4 is 0 Å². The van der Waals surface area contributed by atoms with Crippen molar-refractivity contribution in [1.29, 1.82) is 0 Å². The number of rotatable bonds is 3. The smallest absolute Gasteiger partial charge is 0.00345 e. The Bertz CT molecular complexity index is 214. The lowest BCUT2D eigenvalue weighted by molar-refractivity contribution is 0.578. The summed E-state index contributed by atoms with van der Waals surface area (Å²) in [4.78, 5) is 0. The van der Waals surface area contributed by atoms with Crippen LogP contribution in [0.3, 0.4) is 0 Å². The van der Waals surface area contributed by atoms with Gasteiger partial charge in [-0.2, -0.15) is 0 Å². The molecule has 0 aromatic carbocycles. The predicted molar refractivity (Wildman–Crippen MR) is 57.2 cm³/mol. The highest BCUT2D eigenvalue weighted by molar-refractivity contribution is 5.22. The molecule has 0 heteroatoms. The van der Waals surface area contributed by atoms with Gasteiger partial charge < -0.3 is 0 Å². The third kappa shape index (κ3) is 3.56. The van der Waals surface area contributed by atoms with Crippen molar-refractivity contribution in [2.45, 2.75) is 34.6 Å². The van der Waals surface area contributed by atoms with E-state index in [-0.39, 0.29) is 5.41 Å². The van der Waals surface area contributed by atoms with Gasteiger partial charge in [-0.3, -0.25) is 0 Å². The first kappa shape index (κ1) is 11.2. The Morgan fingerprint density at radius 2 is 1.75 bits per heavy atom. The van der Waals surface area contributed by atoms with E-state index < -0.39 is 0 Å². The van der Waals surface area contributed by atoms with Crippen LogP contribution in [-0.2, 0) is 0 Å². The van der Waals surface area contributed by atoms with Crippen molar-refractivity contribution in [3.8, 4) is 0 Å². The molecule has 0 saturated carbocycles. The second-order valence-corrected chi connectivity index (χ2v) is 3.87. The SMILES string of the molecule is C=C(C)C=CC(C)(C)C(C)=CC. The zero-order valence-corrected chi connectivity index (χ0v) is 8.94. The van der Waals surface area contributed by atoms with Crippen LogP contribution in [0.1, 0.15) is 34.6 Å². The van der Waals surface area contributed by atoms with E-state index in [1.54, 1.807) is 0 Å². The lowest BCUT2D eigenvalue weighted by Crippen LogP contribution is -2.08. The molecule has 0 aliphatic rings. The van der Waals surface area contributed by atoms with E-state index in [0.717, 1.165) is 5.57 Å². The molecule has 0 heterocycles. The maximum atomic E-state index is 3.84. The first-order valence-electron chi connectivity index (χ1n) is 4.38. The van der Waals surface area contributed by atoms with Gasteiger partial charge in [-0.25, -0.2) is 0 Å². The molecular formula is C12H20. The molecule has 0 aliphatic carbocycles. The van der Waals surface area contributed by atoms with Crippen LogP contribution in [0.15, 0.2) is 36.0 Å². The molecule has 0 unspecified atom stereocenters. The number of hydrogen-bond donors (Lipinski definition) is 0. The maximum absolute atomic E-state index is 3.84. The predicted octanol–water partition coefficient (Wildman–Crippen LogP) is 4.11. The van der Waals surface area contributed by atoms with Crippen LogP contribution in [-0.4, -0.2) is 0 Å². The van der Waals surface area contributed by atoms with Crippen LogP contribution in [0.4, 0.5) is 0 Å². The Morgan fingerprint density at radius 1 is 1.25 bits per heavy atom. The molecule has 0 rings (SSSR count). The summed E-state index contributed by atoms with van der Waals surface area (Å²) in [7, 11) is 0. The zero-order chi connectivity index (χ0) is 9.78. The average molecular weight is 164 g/mol. The Kier molecular flexibility index (Phi) is 4.02. The zero-order valence-electron chi connectivity index (χ0n) is 8.94. The minimum Gasteiger partial charge on any atom is -0.0961 e. The number of hydrogen-bond acceptors (Lipinski definition) is 0. The van der Waals surface area contributed by atoms with Crippen LogP contribution >= 0.6 is 0 Å². The van der Waals surface area contributed by atoms with Crippen molar-refractivity contribution < 1.29 is 0 Å². The van der Waals surface area contributed by atoms with Crippen molar-refractivity contribution in [2.75, 3.05) is 0 Å². The molecule has 0 saturated heterocycles. The summed E-state index contributed by atoms with van der Waals surface area (Å²) in [6.45, 7) is 14.5. The van der Waals surface area contributed by atoms with E-state index in [2.05, 4.69) is 52.5 Å². The van der Waals surface area contributed by atoms with Gasteiger partial charge in [0.15, 0.2) is 0 Å². The van der Waals surface area contributed by atoms with E-state index in [4.69, 9.17) is 0 Å². The maximum Gasteiger partial charge on any atom is 0.00345 e. The highest BCUT2D eigenvalue weighted by atomic mass is 14.2. The topological polar surface area (TPSA) is 0 Å². The molecule has 12 heavy (non-hydrogen) atoms. The summed E-state index contributed by atoms with van der Waals surface area (Å²) < 4.78 is 0. The van der Waals surface area contributed by atoms with Gasteiger partial charge in [0.25, 0.3) is 0 Å². The molecule has 0 fully saturated rings. The monoisotopic (exact) mass is 164 g/mol. The summed E-state index contributed by atoms with van der Waals surface area (Å²) in [5.74, 6) is 0. The van der Waals surface area contributed by atoms with Gasteiger partial charge in [0.05, 0.1) is 0 Å². The van der Waals surface area contributed by atoms with Crippen molar-refractivity contribution in [2.24, 2.45) is 5.41 Å². The van der Waals surface area contributed by atoms with Gasteiger partial charge in [0.2, 0.25) is 0 Å². The minimum absolute atomic E-state index is 0.160. The molecule has 0 spiro atoms. The van der Waals surface area contributed by atoms with Crippen LogP contribution in [0.2, 0.25) is 0 Å². The molecule has 0 bridgehead atoms. The largest absolute Gasteiger partial charge is 0.0961 e. The van der Waals surface area contributed by atoms with Gasteiger partial charge in [0, 0.05) is 5.41 Å². The standard InChI is InChI=1S/C12H20/c1-7-11(4)12(5,6)9-8-10(2)3/h7-9H,2H2,1,3-6H3. The normalized spacial score (nSPS) is 13.9. The quantitative estimate of drug-likeness (QED) is 0.435. The average Bonchev–Trinajstić information content (AvgIpc) is 1.99. The Morgan fingerprint density at radius 3 is 2.08 bits per heavy atom. The molecule has 0 amide bonds. The van der Waals surface area contributed by atoms with Crippen LogP contribution in [0.5, 0.6) is 0 Å². The van der Waals surface area contributed by atoms with E-state index in [0.29, 0.717) is 0 Å². The Balaban J connectivity index is 4.53. The molecule has 0 N–H and O–H groups in total. The van der Waals surface area contributed by atoms with Crippen molar-refractivity contribution in [3.63, 3.8) is 0 Å². The third-order valence-corrected chi connectivity index (χ3v) is 2.23. The fourth-order valence-corrected chi connectivity index (χ4v) is 0.854. The van der Waals surface area contributed by atoms with Crippen molar-refractivity contribution in [3.05, 3.63) is 36.0 Å². The molecule has 68 valence electrons. The summed E-state index contributed by atoms with van der Waals surface area (Å²) >= 11 is 0. The molecular weight excluding hydrogens is 144 g/mol. The lowest BCUT2D eigenvalue weighted by Gasteiger charge is -2.21. The number of allylic oxidation sites excluding steroid dienone is 5. The van der Waals surface area contributed by atoms with Gasteiger partial charge in [-0.1, -0.05) is 49.8 Å². The fraction of sp³-hybridized carbons (Fsp3) is 0.500. The van der Waals surface area contributed by atoms with Crippen LogP contribution < -0.4 is 0 Å². The second-order valence-electron chi connectivity index (χ2n) is 3.87. The van der Waals surface area contributed by atoms with Crippen LogP contribution in [0.25, 0.3) is 0 Å². The lowest BCUT2D eigenvalue weighted by atomic mass is 9.84. The van der Waals surface area contributed by atoms with E-state index in [9.17, 15) is 0 Å². The molecule has 0 atom stereocenters. The Labute approximate surface area is 76.7 Å². The third-order valence-electron chi connectivity index (χ3n) is 2.23. The van der Waals surface area contributed by atoms with Gasteiger partial charge >= 0.3 is 0 Å². The molecule has 0 radical (unpaired) electrons.